The summed E-state index contributed by atoms with van der Waals surface area (Å²) in [5.41, 5.74) is 4.89. The number of anilines is 1. The van der Waals surface area contributed by atoms with Gasteiger partial charge in [0.05, 0.1) is 49.2 Å². The second-order valence-electron chi connectivity index (χ2n) is 8.74. The molecule has 4 aromatic rings. The molecule has 166 valence electrons. The van der Waals surface area contributed by atoms with Gasteiger partial charge in [-0.2, -0.15) is 10.4 Å². The molecule has 1 atom stereocenters. The van der Waals surface area contributed by atoms with Crippen molar-refractivity contribution in [3.63, 3.8) is 0 Å². The molecule has 0 N–H and O–H groups in total. The second kappa shape index (κ2) is 8.34. The van der Waals surface area contributed by atoms with Crippen LogP contribution in [0.2, 0.25) is 0 Å². The Morgan fingerprint density at radius 2 is 1.94 bits per heavy atom. The summed E-state index contributed by atoms with van der Waals surface area (Å²) in [6, 6.07) is 13.0. The lowest BCUT2D eigenvalue weighted by atomic mass is 10.1. The van der Waals surface area contributed by atoms with Crippen molar-refractivity contribution in [1.82, 2.24) is 24.1 Å². The van der Waals surface area contributed by atoms with Gasteiger partial charge in [0.25, 0.3) is 0 Å². The minimum absolute atomic E-state index is 0.137. The smallest absolute Gasteiger partial charge is 0.149 e. The number of benzene rings is 1. The Hall–Kier alpha value is -3.70. The number of aromatic nitrogens is 5. The van der Waals surface area contributed by atoms with Crippen molar-refractivity contribution in [1.29, 1.82) is 5.26 Å². The molecule has 1 aromatic carbocycles. The number of fused-ring (bicyclic) bond motifs is 1. The van der Waals surface area contributed by atoms with Gasteiger partial charge in [-0.3, -0.25) is 9.08 Å². The minimum Gasteiger partial charge on any atom is -0.378 e. The van der Waals surface area contributed by atoms with Crippen molar-refractivity contribution in [2.45, 2.75) is 25.3 Å². The summed E-state index contributed by atoms with van der Waals surface area (Å²) in [5.74, 6) is 1.35. The Morgan fingerprint density at radius 3 is 2.70 bits per heavy atom. The zero-order chi connectivity index (χ0) is 22.2. The first-order chi connectivity index (χ1) is 16.3. The largest absolute Gasteiger partial charge is 0.378 e. The zero-order valence-corrected chi connectivity index (χ0v) is 18.3. The summed E-state index contributed by atoms with van der Waals surface area (Å²) < 4.78 is 9.40. The summed E-state index contributed by atoms with van der Waals surface area (Å²) in [6.07, 6.45) is 10.4. The molecule has 0 amide bonds. The zero-order valence-electron chi connectivity index (χ0n) is 18.3. The molecule has 33 heavy (non-hydrogen) atoms. The molecule has 2 aliphatic rings. The van der Waals surface area contributed by atoms with E-state index in [4.69, 9.17) is 9.72 Å². The molecule has 0 spiro atoms. The summed E-state index contributed by atoms with van der Waals surface area (Å²) in [7, 11) is 0. The normalized spacial score (nSPS) is 17.2. The second-order valence-corrected chi connectivity index (χ2v) is 8.74. The van der Waals surface area contributed by atoms with E-state index in [2.05, 4.69) is 45.3 Å². The van der Waals surface area contributed by atoms with Crippen LogP contribution in [-0.2, 0) is 4.74 Å². The van der Waals surface area contributed by atoms with Crippen molar-refractivity contribution in [2.75, 3.05) is 31.2 Å². The molecule has 1 saturated carbocycles. The highest BCUT2D eigenvalue weighted by Crippen LogP contribution is 2.41. The molecule has 1 aliphatic carbocycles. The first kappa shape index (κ1) is 19.9. The van der Waals surface area contributed by atoms with E-state index in [1.807, 2.05) is 33.7 Å². The van der Waals surface area contributed by atoms with Crippen molar-refractivity contribution in [2.24, 2.45) is 5.92 Å². The standard InChI is InChI=1S/C25H25N7O/c26-8-7-23(19-1-2-19)32-17-20(16-28-32)25-29-22(15-24-27-9-10-31(24)25)18-3-5-21(6-4-18)30-11-13-33-14-12-30/h3-6,9-10,15-17,19,23H,1-2,7,11-14H2. The molecule has 4 heterocycles. The monoisotopic (exact) mass is 439 g/mol. The topological polar surface area (TPSA) is 84.3 Å². The predicted molar refractivity (Wildman–Crippen MR) is 125 cm³/mol. The van der Waals surface area contributed by atoms with Crippen molar-refractivity contribution < 1.29 is 4.74 Å². The molecule has 0 radical (unpaired) electrons. The fourth-order valence-corrected chi connectivity index (χ4v) is 4.63. The van der Waals surface area contributed by atoms with Gasteiger partial charge in [0.15, 0.2) is 0 Å². The Bertz CT molecular complexity index is 1310. The average Bonchev–Trinajstić information content (AvgIpc) is 3.38. The van der Waals surface area contributed by atoms with Gasteiger partial charge in [0, 0.05) is 49.0 Å². The molecule has 1 aliphatic heterocycles. The fraction of sp³-hybridized carbons (Fsp3) is 0.360. The van der Waals surface area contributed by atoms with E-state index < -0.39 is 0 Å². The molecular weight excluding hydrogens is 414 g/mol. The summed E-state index contributed by atoms with van der Waals surface area (Å²) in [4.78, 5) is 11.9. The number of nitrogens with zero attached hydrogens (tertiary/aromatic N) is 7. The third-order valence-electron chi connectivity index (χ3n) is 6.60. The maximum absolute atomic E-state index is 9.25. The highest BCUT2D eigenvalue weighted by Gasteiger charge is 2.33. The van der Waals surface area contributed by atoms with Crippen LogP contribution in [0.3, 0.4) is 0 Å². The number of ether oxygens (including phenoxy) is 1. The molecule has 3 aromatic heterocycles. The lowest BCUT2D eigenvalue weighted by molar-refractivity contribution is 0.122. The number of morpholine rings is 1. The van der Waals surface area contributed by atoms with Crippen LogP contribution in [0.4, 0.5) is 5.69 Å². The molecule has 8 nitrogen and oxygen atoms in total. The number of hydrogen-bond donors (Lipinski definition) is 0. The van der Waals surface area contributed by atoms with E-state index in [-0.39, 0.29) is 6.04 Å². The van der Waals surface area contributed by atoms with Crippen LogP contribution in [0.5, 0.6) is 0 Å². The Kier molecular flexibility index (Phi) is 5.04. The first-order valence-electron chi connectivity index (χ1n) is 11.5. The molecule has 1 unspecified atom stereocenters. The lowest BCUT2D eigenvalue weighted by Crippen LogP contribution is -2.36. The van der Waals surface area contributed by atoms with Crippen molar-refractivity contribution in [3.8, 4) is 28.7 Å². The van der Waals surface area contributed by atoms with Gasteiger partial charge in [0.1, 0.15) is 11.5 Å². The van der Waals surface area contributed by atoms with Crippen LogP contribution < -0.4 is 4.90 Å². The van der Waals surface area contributed by atoms with Gasteiger partial charge < -0.3 is 9.64 Å². The number of nitriles is 1. The maximum Gasteiger partial charge on any atom is 0.149 e. The van der Waals surface area contributed by atoms with Crippen LogP contribution in [0.1, 0.15) is 25.3 Å². The van der Waals surface area contributed by atoms with Gasteiger partial charge in [-0.25, -0.2) is 9.97 Å². The quantitative estimate of drug-likeness (QED) is 0.452. The van der Waals surface area contributed by atoms with Gasteiger partial charge >= 0.3 is 0 Å². The molecule has 2 fully saturated rings. The Morgan fingerprint density at radius 1 is 1.12 bits per heavy atom. The van der Waals surface area contributed by atoms with Crippen LogP contribution in [-0.4, -0.2) is 50.5 Å². The van der Waals surface area contributed by atoms with Crippen molar-refractivity contribution >= 4 is 11.3 Å². The minimum atomic E-state index is 0.137. The van der Waals surface area contributed by atoms with Crippen molar-refractivity contribution in [3.05, 3.63) is 55.1 Å². The number of hydrogen-bond acceptors (Lipinski definition) is 6. The summed E-state index contributed by atoms with van der Waals surface area (Å²) in [5, 5.41) is 13.9. The molecule has 8 heteroatoms. The van der Waals surface area contributed by atoms with Gasteiger partial charge in [-0.15, -0.1) is 0 Å². The van der Waals surface area contributed by atoms with Gasteiger partial charge in [-0.1, -0.05) is 12.1 Å². The Labute approximate surface area is 192 Å². The van der Waals surface area contributed by atoms with Gasteiger partial charge in [0.2, 0.25) is 0 Å². The highest BCUT2D eigenvalue weighted by atomic mass is 16.5. The van der Waals surface area contributed by atoms with Gasteiger partial charge in [-0.05, 0) is 30.9 Å². The van der Waals surface area contributed by atoms with Crippen LogP contribution >= 0.6 is 0 Å². The molecule has 6 rings (SSSR count). The Balaban J connectivity index is 1.35. The van der Waals surface area contributed by atoms with E-state index in [1.165, 1.54) is 18.5 Å². The molecular formula is C25H25N7O. The van der Waals surface area contributed by atoms with E-state index in [0.29, 0.717) is 12.3 Å². The maximum atomic E-state index is 9.25. The van der Waals surface area contributed by atoms with Crippen LogP contribution in [0.15, 0.2) is 55.1 Å². The predicted octanol–water partition coefficient (Wildman–Crippen LogP) is 3.96. The molecule has 0 bridgehead atoms. The summed E-state index contributed by atoms with van der Waals surface area (Å²) >= 11 is 0. The lowest BCUT2D eigenvalue weighted by Gasteiger charge is -2.28. The van der Waals surface area contributed by atoms with Crippen LogP contribution in [0, 0.1) is 17.2 Å². The third kappa shape index (κ3) is 3.85. The third-order valence-corrected chi connectivity index (χ3v) is 6.60. The van der Waals surface area contributed by atoms with E-state index in [9.17, 15) is 5.26 Å². The number of rotatable bonds is 6. The van der Waals surface area contributed by atoms with E-state index in [0.717, 1.165) is 54.6 Å². The first-order valence-corrected chi connectivity index (χ1v) is 11.5. The number of imidazole rings is 1. The highest BCUT2D eigenvalue weighted by molar-refractivity contribution is 5.70. The summed E-state index contributed by atoms with van der Waals surface area (Å²) in [6.45, 7) is 3.37. The van der Waals surface area contributed by atoms with E-state index in [1.54, 1.807) is 6.20 Å². The SMILES string of the molecule is N#CCC(C1CC1)n1cc(-c2nc(-c3ccc(N4CCOCC4)cc3)cc3nccn23)cn1. The van der Waals surface area contributed by atoms with E-state index >= 15 is 0 Å². The fourth-order valence-electron chi connectivity index (χ4n) is 4.63. The van der Waals surface area contributed by atoms with Crippen LogP contribution in [0.25, 0.3) is 28.3 Å². The molecule has 1 saturated heterocycles. The average molecular weight is 440 g/mol.